The fourth-order valence-corrected chi connectivity index (χ4v) is 3.20. The Morgan fingerprint density at radius 3 is 2.54 bits per heavy atom. The Kier molecular flexibility index (Phi) is 7.32. The summed E-state index contributed by atoms with van der Waals surface area (Å²) in [6, 6.07) is 6.74. The number of hydrogen-bond acceptors (Lipinski definition) is 7. The Hall–Kier alpha value is -2.69. The molecule has 1 aliphatic rings. The summed E-state index contributed by atoms with van der Waals surface area (Å²) < 4.78 is 15.5. The zero-order chi connectivity index (χ0) is 20.8. The minimum absolute atomic E-state index is 0.0418. The zero-order valence-electron chi connectivity index (χ0n) is 15.3. The molecule has 0 saturated carbocycles. The molecule has 0 aromatic heterocycles. The van der Waals surface area contributed by atoms with Gasteiger partial charge in [-0.1, -0.05) is 35.3 Å². The molecule has 2 rings (SSSR count). The van der Waals surface area contributed by atoms with Crippen LogP contribution in [-0.4, -0.2) is 25.2 Å². The molecule has 0 bridgehead atoms. The standard InChI is InChI=1S/C19H18Cl2N2O5/c1-3-26-14(24)8-13-16(19(25)27-4-2)15(11(9-22)18(23)28-13)10-6-5-7-12(20)17(10)21/h5-7,15H,3-4,8,23H2,1-2H3/t15-/m0/s1. The number of carbonyl (C=O) groups is 2. The lowest BCUT2D eigenvalue weighted by atomic mass is 9.82. The number of rotatable bonds is 6. The van der Waals surface area contributed by atoms with Gasteiger partial charge in [0.15, 0.2) is 0 Å². The van der Waals surface area contributed by atoms with Crippen LogP contribution >= 0.6 is 23.2 Å². The van der Waals surface area contributed by atoms with E-state index in [-0.39, 0.29) is 52.5 Å². The third-order valence-electron chi connectivity index (χ3n) is 3.89. The van der Waals surface area contributed by atoms with Gasteiger partial charge in [-0.15, -0.1) is 0 Å². The van der Waals surface area contributed by atoms with Crippen LogP contribution in [0, 0.1) is 11.3 Å². The maximum absolute atomic E-state index is 12.7. The minimum atomic E-state index is -1.01. The number of allylic oxidation sites excluding steroid dienone is 1. The highest BCUT2D eigenvalue weighted by Gasteiger charge is 2.39. The van der Waals surface area contributed by atoms with E-state index in [1.165, 1.54) is 0 Å². The number of carbonyl (C=O) groups excluding carboxylic acids is 2. The van der Waals surface area contributed by atoms with Crippen LogP contribution in [0.3, 0.4) is 0 Å². The molecule has 9 heteroatoms. The van der Waals surface area contributed by atoms with Crippen LogP contribution in [-0.2, 0) is 23.8 Å². The Morgan fingerprint density at radius 1 is 1.25 bits per heavy atom. The number of nitrogens with zero attached hydrogens (tertiary/aromatic N) is 1. The predicted octanol–water partition coefficient (Wildman–Crippen LogP) is 3.57. The molecular weight excluding hydrogens is 407 g/mol. The van der Waals surface area contributed by atoms with Crippen LogP contribution in [0.2, 0.25) is 10.0 Å². The van der Waals surface area contributed by atoms with Crippen molar-refractivity contribution < 1.29 is 23.8 Å². The lowest BCUT2D eigenvalue weighted by Crippen LogP contribution is -2.27. The molecule has 2 N–H and O–H groups in total. The molecule has 28 heavy (non-hydrogen) atoms. The van der Waals surface area contributed by atoms with Crippen LogP contribution in [0.1, 0.15) is 31.7 Å². The maximum atomic E-state index is 12.7. The van der Waals surface area contributed by atoms with E-state index in [0.717, 1.165) is 0 Å². The van der Waals surface area contributed by atoms with Crippen LogP contribution in [0.5, 0.6) is 0 Å². The average Bonchev–Trinajstić information content (AvgIpc) is 2.64. The summed E-state index contributed by atoms with van der Waals surface area (Å²) in [4.78, 5) is 24.7. The molecular formula is C19H18Cl2N2O5. The van der Waals surface area contributed by atoms with Crippen molar-refractivity contribution in [3.05, 3.63) is 56.6 Å². The van der Waals surface area contributed by atoms with Gasteiger partial charge in [-0.2, -0.15) is 5.26 Å². The van der Waals surface area contributed by atoms with Gasteiger partial charge in [0.25, 0.3) is 0 Å². The van der Waals surface area contributed by atoms with Crippen molar-refractivity contribution in [2.24, 2.45) is 5.73 Å². The first-order valence-electron chi connectivity index (χ1n) is 8.42. The van der Waals surface area contributed by atoms with E-state index in [1.54, 1.807) is 32.0 Å². The Morgan fingerprint density at radius 2 is 1.93 bits per heavy atom. The molecule has 7 nitrogen and oxygen atoms in total. The molecule has 0 radical (unpaired) electrons. The van der Waals surface area contributed by atoms with Crippen molar-refractivity contribution in [2.75, 3.05) is 13.2 Å². The highest BCUT2D eigenvalue weighted by atomic mass is 35.5. The SMILES string of the molecule is CCOC(=O)CC1=C(C(=O)OCC)[C@@H](c2cccc(Cl)c2Cl)C(C#N)=C(N)O1. The van der Waals surface area contributed by atoms with E-state index in [2.05, 4.69) is 0 Å². The van der Waals surface area contributed by atoms with Gasteiger partial charge in [0.1, 0.15) is 23.8 Å². The lowest BCUT2D eigenvalue weighted by molar-refractivity contribution is -0.143. The maximum Gasteiger partial charge on any atom is 0.338 e. The number of nitrogens with two attached hydrogens (primary N) is 1. The summed E-state index contributed by atoms with van der Waals surface area (Å²) in [6.45, 7) is 3.51. The molecule has 0 aliphatic carbocycles. The molecule has 1 aromatic rings. The van der Waals surface area contributed by atoms with Crippen LogP contribution in [0.25, 0.3) is 0 Å². The average molecular weight is 425 g/mol. The molecule has 1 aliphatic heterocycles. The smallest absolute Gasteiger partial charge is 0.338 e. The summed E-state index contributed by atoms with van der Waals surface area (Å²) in [5.74, 6) is -2.69. The zero-order valence-corrected chi connectivity index (χ0v) is 16.8. The molecule has 0 fully saturated rings. The largest absolute Gasteiger partial charge is 0.466 e. The van der Waals surface area contributed by atoms with E-state index in [0.29, 0.717) is 5.56 Å². The van der Waals surface area contributed by atoms with Crippen molar-refractivity contribution in [3.8, 4) is 6.07 Å². The first-order chi connectivity index (χ1) is 13.3. The fourth-order valence-electron chi connectivity index (χ4n) is 2.78. The number of hydrogen-bond donors (Lipinski definition) is 1. The summed E-state index contributed by atoms with van der Waals surface area (Å²) >= 11 is 12.4. The van der Waals surface area contributed by atoms with Gasteiger partial charge in [-0.3, -0.25) is 4.79 Å². The van der Waals surface area contributed by atoms with Gasteiger partial charge >= 0.3 is 11.9 Å². The van der Waals surface area contributed by atoms with E-state index >= 15 is 0 Å². The van der Waals surface area contributed by atoms with Crippen LogP contribution < -0.4 is 5.73 Å². The van der Waals surface area contributed by atoms with E-state index in [9.17, 15) is 14.9 Å². The molecule has 0 spiro atoms. The number of ether oxygens (including phenoxy) is 3. The normalized spacial score (nSPS) is 16.3. The number of esters is 2. The van der Waals surface area contributed by atoms with E-state index in [1.807, 2.05) is 6.07 Å². The Balaban J connectivity index is 2.71. The molecule has 0 saturated heterocycles. The van der Waals surface area contributed by atoms with Crippen LogP contribution in [0.4, 0.5) is 0 Å². The summed E-state index contributed by atoms with van der Waals surface area (Å²) in [5, 5.41) is 10.0. The molecule has 0 amide bonds. The van der Waals surface area contributed by atoms with Crippen molar-refractivity contribution in [1.82, 2.24) is 0 Å². The quantitative estimate of drug-likeness (QED) is 0.694. The summed E-state index contributed by atoms with van der Waals surface area (Å²) in [6.07, 6.45) is -0.365. The van der Waals surface area contributed by atoms with Gasteiger partial charge < -0.3 is 19.9 Å². The highest BCUT2D eigenvalue weighted by molar-refractivity contribution is 6.42. The minimum Gasteiger partial charge on any atom is -0.466 e. The molecule has 1 aromatic carbocycles. The summed E-state index contributed by atoms with van der Waals surface area (Å²) in [5.41, 5.74) is 6.17. The lowest BCUT2D eigenvalue weighted by Gasteiger charge is -2.28. The second kappa shape index (κ2) is 9.49. The van der Waals surface area contributed by atoms with E-state index < -0.39 is 17.9 Å². The third kappa shape index (κ3) is 4.41. The second-order valence-corrected chi connectivity index (χ2v) is 6.39. The monoisotopic (exact) mass is 424 g/mol. The highest BCUT2D eigenvalue weighted by Crippen LogP contribution is 2.44. The Bertz CT molecular complexity index is 902. The van der Waals surface area contributed by atoms with Gasteiger partial charge in [0.2, 0.25) is 5.88 Å². The van der Waals surface area contributed by atoms with Gasteiger partial charge in [-0.25, -0.2) is 4.79 Å². The fraction of sp³-hybridized carbons (Fsp3) is 0.316. The first-order valence-corrected chi connectivity index (χ1v) is 9.18. The van der Waals surface area contributed by atoms with Crippen LogP contribution in [0.15, 0.2) is 41.0 Å². The van der Waals surface area contributed by atoms with Crippen molar-refractivity contribution >= 4 is 35.1 Å². The molecule has 0 unspecified atom stereocenters. The van der Waals surface area contributed by atoms with Gasteiger partial charge in [0.05, 0.1) is 34.8 Å². The van der Waals surface area contributed by atoms with E-state index in [4.69, 9.17) is 43.1 Å². The number of nitriles is 1. The molecule has 1 heterocycles. The molecule has 1 atom stereocenters. The number of benzene rings is 1. The predicted molar refractivity (Wildman–Crippen MR) is 102 cm³/mol. The number of halogens is 2. The van der Waals surface area contributed by atoms with Gasteiger partial charge in [0, 0.05) is 0 Å². The topological polar surface area (TPSA) is 112 Å². The van der Waals surface area contributed by atoms with Crippen molar-refractivity contribution in [2.45, 2.75) is 26.2 Å². The third-order valence-corrected chi connectivity index (χ3v) is 4.73. The van der Waals surface area contributed by atoms with Crippen molar-refractivity contribution in [1.29, 1.82) is 5.26 Å². The van der Waals surface area contributed by atoms with Crippen molar-refractivity contribution in [3.63, 3.8) is 0 Å². The molecule has 148 valence electrons. The summed E-state index contributed by atoms with van der Waals surface area (Å²) in [7, 11) is 0. The Labute approximate surface area is 172 Å². The second-order valence-electron chi connectivity index (χ2n) is 5.61. The van der Waals surface area contributed by atoms with Gasteiger partial charge in [-0.05, 0) is 25.5 Å². The first kappa shape index (κ1) is 21.6.